The van der Waals surface area contributed by atoms with E-state index in [2.05, 4.69) is 30.1 Å². The topological polar surface area (TPSA) is 115 Å². The smallest absolute Gasteiger partial charge is 0.423 e. The summed E-state index contributed by atoms with van der Waals surface area (Å²) in [6.45, 7) is 1.75. The lowest BCUT2D eigenvalue weighted by Gasteiger charge is -2.12. The molecule has 4 aromatic rings. The van der Waals surface area contributed by atoms with Gasteiger partial charge >= 0.3 is 6.36 Å². The standard InChI is InChI=1S/C18H11ClF3N7O2/c1-9(16-25-8-26-29(16)15-3-2-10(6-23)7-24-15)27-17-28-12-5-13(31-18(20,21)22)11(19)4-14(12)30-17/h2-5,7-9H,1H3,(H,27,28)/t9-/m0/s1. The number of pyridine rings is 1. The summed E-state index contributed by atoms with van der Waals surface area (Å²) in [4.78, 5) is 12.5. The van der Waals surface area contributed by atoms with Crippen molar-refractivity contribution in [1.29, 1.82) is 5.26 Å². The molecule has 1 aromatic carbocycles. The van der Waals surface area contributed by atoms with Crippen molar-refractivity contribution in [3.63, 3.8) is 0 Å². The highest BCUT2D eigenvalue weighted by Crippen LogP contribution is 2.35. The molecule has 1 atom stereocenters. The molecule has 4 rings (SSSR count). The second-order valence-electron chi connectivity index (χ2n) is 6.23. The molecule has 31 heavy (non-hydrogen) atoms. The van der Waals surface area contributed by atoms with Crippen LogP contribution in [0.15, 0.2) is 41.2 Å². The van der Waals surface area contributed by atoms with Crippen LogP contribution in [0, 0.1) is 11.3 Å². The van der Waals surface area contributed by atoms with Gasteiger partial charge in [0.25, 0.3) is 6.01 Å². The first-order valence-corrected chi connectivity index (χ1v) is 9.00. The molecule has 0 aliphatic rings. The first kappa shape index (κ1) is 20.4. The summed E-state index contributed by atoms with van der Waals surface area (Å²) < 4.78 is 48.4. The number of nitriles is 1. The number of rotatable bonds is 5. The minimum absolute atomic E-state index is 0.0325. The van der Waals surface area contributed by atoms with Crippen LogP contribution in [0.1, 0.15) is 24.4 Å². The zero-order valence-electron chi connectivity index (χ0n) is 15.6. The average Bonchev–Trinajstić information content (AvgIpc) is 3.34. The van der Waals surface area contributed by atoms with Gasteiger partial charge in [-0.3, -0.25) is 0 Å². The molecule has 0 radical (unpaired) electrons. The normalized spacial score (nSPS) is 12.5. The zero-order chi connectivity index (χ0) is 22.2. The Bertz CT molecular complexity index is 1280. The summed E-state index contributed by atoms with van der Waals surface area (Å²) in [5.41, 5.74) is 0.689. The Morgan fingerprint density at radius 1 is 1.29 bits per heavy atom. The molecular weight excluding hydrogens is 439 g/mol. The largest absolute Gasteiger partial charge is 0.573 e. The van der Waals surface area contributed by atoms with E-state index in [1.165, 1.54) is 23.3 Å². The van der Waals surface area contributed by atoms with Crippen molar-refractivity contribution in [3.8, 4) is 17.6 Å². The summed E-state index contributed by atoms with van der Waals surface area (Å²) in [7, 11) is 0. The monoisotopic (exact) mass is 449 g/mol. The van der Waals surface area contributed by atoms with Crippen molar-refractivity contribution < 1.29 is 22.3 Å². The second kappa shape index (κ2) is 7.77. The number of hydrogen-bond acceptors (Lipinski definition) is 8. The molecule has 9 nitrogen and oxygen atoms in total. The summed E-state index contributed by atoms with van der Waals surface area (Å²) in [5.74, 6) is 0.318. The van der Waals surface area contributed by atoms with Crippen LogP contribution in [0.4, 0.5) is 19.2 Å². The molecule has 0 fully saturated rings. The molecule has 0 saturated heterocycles. The maximum atomic E-state index is 12.5. The predicted octanol–water partition coefficient (Wildman–Crippen LogP) is 4.40. The molecular formula is C18H11ClF3N7O2. The average molecular weight is 450 g/mol. The highest BCUT2D eigenvalue weighted by Gasteiger charge is 2.32. The highest BCUT2D eigenvalue weighted by atomic mass is 35.5. The van der Waals surface area contributed by atoms with Crippen molar-refractivity contribution in [3.05, 3.63) is 53.2 Å². The van der Waals surface area contributed by atoms with Crippen molar-refractivity contribution >= 4 is 28.7 Å². The SMILES string of the molecule is C[C@H](Nc1nc2cc(OC(F)(F)F)c(Cl)cc2o1)c1ncnn1-c1ccc(C#N)cn1. The van der Waals surface area contributed by atoms with Gasteiger partial charge in [-0.25, -0.2) is 9.97 Å². The second-order valence-corrected chi connectivity index (χ2v) is 6.64. The van der Waals surface area contributed by atoms with Crippen molar-refractivity contribution in [2.24, 2.45) is 0 Å². The van der Waals surface area contributed by atoms with E-state index in [1.54, 1.807) is 19.1 Å². The molecule has 0 unspecified atom stereocenters. The maximum Gasteiger partial charge on any atom is 0.573 e. The number of oxazole rings is 1. The van der Waals surface area contributed by atoms with Crippen molar-refractivity contribution in [1.82, 2.24) is 24.7 Å². The Labute approximate surface area is 177 Å². The van der Waals surface area contributed by atoms with Gasteiger partial charge in [-0.2, -0.15) is 20.0 Å². The molecule has 158 valence electrons. The Morgan fingerprint density at radius 3 is 2.77 bits per heavy atom. The summed E-state index contributed by atoms with van der Waals surface area (Å²) in [6.07, 6.45) is -2.15. The molecule has 3 aromatic heterocycles. The molecule has 0 bridgehead atoms. The molecule has 1 N–H and O–H groups in total. The quantitative estimate of drug-likeness (QED) is 0.476. The number of ether oxygens (including phenoxy) is 1. The van der Waals surface area contributed by atoms with Crippen LogP contribution in [0.3, 0.4) is 0 Å². The number of halogens is 4. The number of anilines is 1. The number of aromatic nitrogens is 5. The number of fused-ring (bicyclic) bond motifs is 1. The molecule has 0 saturated carbocycles. The minimum Gasteiger partial charge on any atom is -0.423 e. The van der Waals surface area contributed by atoms with Crippen LogP contribution < -0.4 is 10.1 Å². The number of nitrogens with zero attached hydrogens (tertiary/aromatic N) is 6. The van der Waals surface area contributed by atoms with E-state index in [0.29, 0.717) is 17.2 Å². The summed E-state index contributed by atoms with van der Waals surface area (Å²) in [5, 5.41) is 15.7. The number of benzene rings is 1. The van der Waals surface area contributed by atoms with E-state index in [0.717, 1.165) is 6.07 Å². The predicted molar refractivity (Wildman–Crippen MR) is 102 cm³/mol. The third-order valence-corrected chi connectivity index (χ3v) is 4.36. The van der Waals surface area contributed by atoms with Gasteiger partial charge in [0.15, 0.2) is 23.0 Å². The summed E-state index contributed by atoms with van der Waals surface area (Å²) in [6, 6.07) is 6.97. The van der Waals surface area contributed by atoms with Gasteiger partial charge in [0.2, 0.25) is 0 Å². The lowest BCUT2D eigenvalue weighted by Crippen LogP contribution is -2.17. The molecule has 0 aliphatic heterocycles. The Kier molecular flexibility index (Phi) is 5.12. The Balaban J connectivity index is 1.58. The van der Waals surface area contributed by atoms with E-state index >= 15 is 0 Å². The molecule has 0 aliphatic carbocycles. The molecule has 13 heteroatoms. The fourth-order valence-corrected chi connectivity index (χ4v) is 2.94. The van der Waals surface area contributed by atoms with Gasteiger partial charge in [0.05, 0.1) is 16.6 Å². The number of alkyl halides is 3. The Morgan fingerprint density at radius 2 is 2.10 bits per heavy atom. The van der Waals surface area contributed by atoms with Crippen LogP contribution >= 0.6 is 11.6 Å². The van der Waals surface area contributed by atoms with Gasteiger partial charge in [-0.1, -0.05) is 11.6 Å². The molecule has 0 amide bonds. The highest BCUT2D eigenvalue weighted by molar-refractivity contribution is 6.32. The molecule has 0 spiro atoms. The van der Waals surface area contributed by atoms with Gasteiger partial charge in [0.1, 0.15) is 17.9 Å². The number of hydrogen-bond donors (Lipinski definition) is 1. The van der Waals surface area contributed by atoms with Gasteiger partial charge < -0.3 is 14.5 Å². The van der Waals surface area contributed by atoms with Crippen molar-refractivity contribution in [2.75, 3.05) is 5.32 Å². The van der Waals surface area contributed by atoms with Crippen LogP contribution in [0.5, 0.6) is 5.75 Å². The first-order valence-electron chi connectivity index (χ1n) is 8.62. The Hall–Kier alpha value is -3.85. The van der Waals surface area contributed by atoms with E-state index in [4.69, 9.17) is 21.3 Å². The fraction of sp³-hybridized carbons (Fsp3) is 0.167. The fourth-order valence-electron chi connectivity index (χ4n) is 2.74. The number of nitrogens with one attached hydrogen (secondary N) is 1. The van der Waals surface area contributed by atoms with Crippen molar-refractivity contribution in [2.45, 2.75) is 19.3 Å². The maximum absolute atomic E-state index is 12.5. The molecule has 3 heterocycles. The first-order chi connectivity index (χ1) is 14.7. The van der Waals surface area contributed by atoms with Gasteiger partial charge in [-0.05, 0) is 19.1 Å². The lowest BCUT2D eigenvalue weighted by molar-refractivity contribution is -0.274. The van der Waals surface area contributed by atoms with Crippen LogP contribution in [0.25, 0.3) is 16.9 Å². The zero-order valence-corrected chi connectivity index (χ0v) is 16.3. The van der Waals surface area contributed by atoms with Crippen LogP contribution in [0.2, 0.25) is 5.02 Å². The van der Waals surface area contributed by atoms with Gasteiger partial charge in [-0.15, -0.1) is 13.2 Å². The van der Waals surface area contributed by atoms with E-state index in [1.807, 2.05) is 6.07 Å². The van der Waals surface area contributed by atoms with Crippen LogP contribution in [-0.4, -0.2) is 31.1 Å². The lowest BCUT2D eigenvalue weighted by atomic mass is 10.3. The van der Waals surface area contributed by atoms with Gasteiger partial charge in [0, 0.05) is 18.3 Å². The van der Waals surface area contributed by atoms with E-state index < -0.39 is 18.2 Å². The third kappa shape index (κ3) is 4.36. The van der Waals surface area contributed by atoms with Crippen LogP contribution in [-0.2, 0) is 0 Å². The minimum atomic E-state index is -4.89. The summed E-state index contributed by atoms with van der Waals surface area (Å²) >= 11 is 5.83. The van der Waals surface area contributed by atoms with E-state index in [9.17, 15) is 13.2 Å². The van der Waals surface area contributed by atoms with E-state index in [-0.39, 0.29) is 22.1 Å². The third-order valence-electron chi connectivity index (χ3n) is 4.06.